The summed E-state index contributed by atoms with van der Waals surface area (Å²) in [5.41, 5.74) is 2.14. The maximum absolute atomic E-state index is 12.3. The standard InChI is InChI=1S/C16H20N2O2/c1-10(2)12-5-3-4-6-13(12)17-14-9-15(19)18(16(14)20)11-7-8-11/h3-6,10-11,14,17H,7-9H2,1-2H3. The van der Waals surface area contributed by atoms with E-state index in [4.69, 9.17) is 0 Å². The van der Waals surface area contributed by atoms with E-state index in [2.05, 4.69) is 25.2 Å². The molecule has 1 unspecified atom stereocenters. The highest BCUT2D eigenvalue weighted by Crippen LogP contribution is 2.33. The molecule has 4 nitrogen and oxygen atoms in total. The molecule has 1 atom stereocenters. The topological polar surface area (TPSA) is 49.4 Å². The average molecular weight is 272 g/mol. The van der Waals surface area contributed by atoms with Crippen LogP contribution in [0.15, 0.2) is 24.3 Å². The molecular formula is C16H20N2O2. The molecule has 1 aromatic carbocycles. The first-order valence-corrected chi connectivity index (χ1v) is 7.29. The van der Waals surface area contributed by atoms with Gasteiger partial charge in [0.1, 0.15) is 6.04 Å². The SMILES string of the molecule is CC(C)c1ccccc1NC1CC(=O)N(C2CC2)C1=O. The average Bonchev–Trinajstić information content (AvgIpc) is 3.19. The van der Waals surface area contributed by atoms with E-state index in [-0.39, 0.29) is 24.3 Å². The van der Waals surface area contributed by atoms with Crippen LogP contribution in [0.2, 0.25) is 0 Å². The molecule has 1 aliphatic heterocycles. The van der Waals surface area contributed by atoms with Crippen LogP contribution < -0.4 is 5.32 Å². The van der Waals surface area contributed by atoms with Crippen molar-refractivity contribution in [2.75, 3.05) is 5.32 Å². The number of imide groups is 1. The first-order valence-electron chi connectivity index (χ1n) is 7.29. The molecule has 1 heterocycles. The Hall–Kier alpha value is -1.84. The van der Waals surface area contributed by atoms with Crippen LogP contribution in [0.5, 0.6) is 0 Å². The van der Waals surface area contributed by atoms with Crippen LogP contribution >= 0.6 is 0 Å². The molecule has 2 amide bonds. The summed E-state index contributed by atoms with van der Waals surface area (Å²) in [6.07, 6.45) is 2.21. The van der Waals surface area contributed by atoms with E-state index in [1.54, 1.807) is 0 Å². The Kier molecular flexibility index (Phi) is 3.24. The number of nitrogens with one attached hydrogen (secondary N) is 1. The van der Waals surface area contributed by atoms with E-state index in [1.165, 1.54) is 10.5 Å². The smallest absolute Gasteiger partial charge is 0.252 e. The molecule has 2 aliphatic rings. The van der Waals surface area contributed by atoms with E-state index in [0.717, 1.165) is 18.5 Å². The summed E-state index contributed by atoms with van der Waals surface area (Å²) >= 11 is 0. The van der Waals surface area contributed by atoms with Crippen molar-refractivity contribution in [3.63, 3.8) is 0 Å². The van der Waals surface area contributed by atoms with Gasteiger partial charge in [0.25, 0.3) is 5.91 Å². The second kappa shape index (κ2) is 4.93. The third-order valence-electron chi connectivity index (χ3n) is 4.01. The minimum absolute atomic E-state index is 0.0305. The van der Waals surface area contributed by atoms with Gasteiger partial charge in [-0.3, -0.25) is 14.5 Å². The molecule has 0 spiro atoms. The number of anilines is 1. The zero-order valence-electron chi connectivity index (χ0n) is 11.9. The van der Waals surface area contributed by atoms with Gasteiger partial charge in [-0.15, -0.1) is 0 Å². The van der Waals surface area contributed by atoms with Crippen LogP contribution in [-0.2, 0) is 9.59 Å². The van der Waals surface area contributed by atoms with E-state index in [1.807, 2.05) is 18.2 Å². The van der Waals surface area contributed by atoms with Gasteiger partial charge in [-0.1, -0.05) is 32.0 Å². The first-order chi connectivity index (χ1) is 9.58. The molecule has 4 heteroatoms. The molecule has 0 aromatic heterocycles. The molecule has 3 rings (SSSR count). The highest BCUT2D eigenvalue weighted by atomic mass is 16.2. The summed E-state index contributed by atoms with van der Waals surface area (Å²) < 4.78 is 0. The lowest BCUT2D eigenvalue weighted by Crippen LogP contribution is -2.36. The largest absolute Gasteiger partial charge is 0.373 e. The van der Waals surface area contributed by atoms with Crippen LogP contribution in [-0.4, -0.2) is 28.8 Å². The summed E-state index contributed by atoms with van der Waals surface area (Å²) in [6.45, 7) is 4.25. The van der Waals surface area contributed by atoms with Crippen molar-refractivity contribution >= 4 is 17.5 Å². The van der Waals surface area contributed by atoms with E-state index in [9.17, 15) is 9.59 Å². The second-order valence-corrected chi connectivity index (χ2v) is 5.98. The number of hydrogen-bond donors (Lipinski definition) is 1. The maximum Gasteiger partial charge on any atom is 0.252 e. The predicted octanol–water partition coefficient (Wildman–Crippen LogP) is 2.51. The minimum Gasteiger partial charge on any atom is -0.373 e. The highest BCUT2D eigenvalue weighted by molar-refractivity contribution is 6.07. The molecular weight excluding hydrogens is 252 g/mol. The van der Waals surface area contributed by atoms with Crippen molar-refractivity contribution in [1.29, 1.82) is 0 Å². The van der Waals surface area contributed by atoms with Gasteiger partial charge in [-0.05, 0) is 30.4 Å². The van der Waals surface area contributed by atoms with E-state index >= 15 is 0 Å². The summed E-state index contributed by atoms with van der Waals surface area (Å²) in [6, 6.07) is 7.76. The van der Waals surface area contributed by atoms with Crippen LogP contribution in [0.4, 0.5) is 5.69 Å². The Balaban J connectivity index is 1.79. The lowest BCUT2D eigenvalue weighted by atomic mass is 10.0. The quantitative estimate of drug-likeness (QED) is 0.857. The third kappa shape index (κ3) is 2.30. The molecule has 106 valence electrons. The van der Waals surface area contributed by atoms with Gasteiger partial charge in [0.05, 0.1) is 6.42 Å². The van der Waals surface area contributed by atoms with Gasteiger partial charge in [0.2, 0.25) is 5.91 Å². The zero-order valence-corrected chi connectivity index (χ0v) is 11.9. The summed E-state index contributed by atoms with van der Waals surface area (Å²) in [5, 5.41) is 3.27. The van der Waals surface area contributed by atoms with Crippen molar-refractivity contribution in [3.8, 4) is 0 Å². The lowest BCUT2D eigenvalue weighted by molar-refractivity contribution is -0.139. The minimum atomic E-state index is -0.400. The first kappa shape index (κ1) is 13.2. The third-order valence-corrected chi connectivity index (χ3v) is 4.01. The molecule has 0 radical (unpaired) electrons. The number of amides is 2. The van der Waals surface area contributed by atoms with E-state index < -0.39 is 6.04 Å². The Morgan fingerprint density at radius 1 is 1.20 bits per heavy atom. The highest BCUT2D eigenvalue weighted by Gasteiger charge is 2.46. The number of rotatable bonds is 4. The van der Waals surface area contributed by atoms with Gasteiger partial charge < -0.3 is 5.32 Å². The molecule has 2 fully saturated rings. The van der Waals surface area contributed by atoms with Crippen molar-refractivity contribution in [2.24, 2.45) is 0 Å². The van der Waals surface area contributed by atoms with Crippen LogP contribution in [0, 0.1) is 0 Å². The van der Waals surface area contributed by atoms with Crippen molar-refractivity contribution in [3.05, 3.63) is 29.8 Å². The predicted molar refractivity (Wildman–Crippen MR) is 77.4 cm³/mol. The fraction of sp³-hybridized carbons (Fsp3) is 0.500. The van der Waals surface area contributed by atoms with Gasteiger partial charge in [-0.2, -0.15) is 0 Å². The van der Waals surface area contributed by atoms with Gasteiger partial charge >= 0.3 is 0 Å². The number of hydrogen-bond acceptors (Lipinski definition) is 3. The molecule has 1 saturated heterocycles. The Labute approximate surface area is 119 Å². The Morgan fingerprint density at radius 2 is 1.90 bits per heavy atom. The Morgan fingerprint density at radius 3 is 2.55 bits per heavy atom. The van der Waals surface area contributed by atoms with Crippen LogP contribution in [0.25, 0.3) is 0 Å². The lowest BCUT2D eigenvalue weighted by Gasteiger charge is -2.18. The number of para-hydroxylation sites is 1. The number of carbonyl (C=O) groups is 2. The van der Waals surface area contributed by atoms with Crippen molar-refractivity contribution < 1.29 is 9.59 Å². The fourth-order valence-electron chi connectivity index (χ4n) is 2.80. The number of likely N-dealkylation sites (tertiary alicyclic amines) is 1. The molecule has 20 heavy (non-hydrogen) atoms. The summed E-state index contributed by atoms with van der Waals surface area (Å²) in [7, 11) is 0. The number of benzene rings is 1. The zero-order chi connectivity index (χ0) is 14.3. The maximum atomic E-state index is 12.3. The van der Waals surface area contributed by atoms with Crippen LogP contribution in [0.3, 0.4) is 0 Å². The summed E-state index contributed by atoms with van der Waals surface area (Å²) in [4.78, 5) is 25.7. The second-order valence-electron chi connectivity index (χ2n) is 5.98. The van der Waals surface area contributed by atoms with Crippen molar-refractivity contribution in [1.82, 2.24) is 4.90 Å². The summed E-state index contributed by atoms with van der Waals surface area (Å²) in [5.74, 6) is 0.290. The van der Waals surface area contributed by atoms with Gasteiger partial charge in [0.15, 0.2) is 0 Å². The molecule has 1 aromatic rings. The molecule has 1 saturated carbocycles. The molecule has 1 aliphatic carbocycles. The van der Waals surface area contributed by atoms with Crippen LogP contribution in [0.1, 0.15) is 44.6 Å². The monoisotopic (exact) mass is 272 g/mol. The van der Waals surface area contributed by atoms with Gasteiger partial charge in [-0.25, -0.2) is 0 Å². The van der Waals surface area contributed by atoms with E-state index in [0.29, 0.717) is 5.92 Å². The molecule has 0 bridgehead atoms. The number of carbonyl (C=O) groups excluding carboxylic acids is 2. The number of nitrogens with zero attached hydrogens (tertiary/aromatic N) is 1. The normalized spacial score (nSPS) is 22.8. The van der Waals surface area contributed by atoms with Crippen molar-refractivity contribution in [2.45, 2.75) is 51.1 Å². The van der Waals surface area contributed by atoms with Gasteiger partial charge in [0, 0.05) is 11.7 Å². The fourth-order valence-corrected chi connectivity index (χ4v) is 2.80. The molecule has 1 N–H and O–H groups in total. The Bertz CT molecular complexity index is 549.